The number of fused-ring (bicyclic) bond motifs is 1. The maximum atomic E-state index is 12.6. The maximum absolute atomic E-state index is 12.6. The third-order valence-electron chi connectivity index (χ3n) is 5.64. The fourth-order valence-corrected chi connectivity index (χ4v) is 4.14. The third kappa shape index (κ3) is 3.96. The Morgan fingerprint density at radius 2 is 2.00 bits per heavy atom. The van der Waals surface area contributed by atoms with Gasteiger partial charge in [-0.1, -0.05) is 12.2 Å². The van der Waals surface area contributed by atoms with E-state index in [0.717, 1.165) is 68.7 Å². The SMILES string of the molecule is O=c1[nH]c(N2CCOCC2)nc2c1CCN(CC1CC=CCC1)CC2. The summed E-state index contributed by atoms with van der Waals surface area (Å²) >= 11 is 0. The van der Waals surface area contributed by atoms with Crippen LogP contribution in [0.2, 0.25) is 0 Å². The summed E-state index contributed by atoms with van der Waals surface area (Å²) in [6.45, 7) is 6.11. The minimum Gasteiger partial charge on any atom is -0.378 e. The van der Waals surface area contributed by atoms with Crippen molar-refractivity contribution in [2.45, 2.75) is 32.1 Å². The van der Waals surface area contributed by atoms with Gasteiger partial charge < -0.3 is 14.5 Å². The summed E-state index contributed by atoms with van der Waals surface area (Å²) in [6.07, 6.45) is 10.0. The summed E-state index contributed by atoms with van der Waals surface area (Å²) in [5.74, 6) is 1.49. The molecule has 1 saturated heterocycles. The van der Waals surface area contributed by atoms with E-state index in [4.69, 9.17) is 9.72 Å². The number of allylic oxidation sites excluding steroid dienone is 2. The summed E-state index contributed by atoms with van der Waals surface area (Å²) in [5, 5.41) is 0. The van der Waals surface area contributed by atoms with Crippen LogP contribution in [0.4, 0.5) is 5.95 Å². The third-order valence-corrected chi connectivity index (χ3v) is 5.64. The maximum Gasteiger partial charge on any atom is 0.255 e. The second kappa shape index (κ2) is 7.70. The van der Waals surface area contributed by atoms with E-state index < -0.39 is 0 Å². The standard InChI is InChI=1S/C19H28N4O2/c24-18-16-6-8-22(14-15-4-2-1-3-5-15)9-7-17(16)20-19(21-18)23-10-12-25-13-11-23/h1-2,15H,3-14H2,(H,20,21,24). The Morgan fingerprint density at radius 1 is 1.16 bits per heavy atom. The van der Waals surface area contributed by atoms with Crippen molar-refractivity contribution >= 4 is 5.95 Å². The lowest BCUT2D eigenvalue weighted by atomic mass is 9.94. The Bertz CT molecular complexity index is 678. The molecule has 3 aliphatic rings. The molecule has 6 nitrogen and oxygen atoms in total. The Balaban J connectivity index is 1.46. The monoisotopic (exact) mass is 344 g/mol. The molecule has 6 heteroatoms. The highest BCUT2D eigenvalue weighted by Gasteiger charge is 2.23. The zero-order valence-electron chi connectivity index (χ0n) is 14.9. The number of aromatic amines is 1. The molecule has 25 heavy (non-hydrogen) atoms. The zero-order valence-corrected chi connectivity index (χ0v) is 14.9. The second-order valence-corrected chi connectivity index (χ2v) is 7.37. The van der Waals surface area contributed by atoms with Gasteiger partial charge >= 0.3 is 0 Å². The number of morpholine rings is 1. The molecule has 4 rings (SSSR count). The van der Waals surface area contributed by atoms with Crippen molar-refractivity contribution in [3.63, 3.8) is 0 Å². The molecule has 0 saturated carbocycles. The van der Waals surface area contributed by atoms with Crippen LogP contribution in [0.1, 0.15) is 30.5 Å². The Hall–Kier alpha value is -1.66. The Morgan fingerprint density at radius 3 is 2.80 bits per heavy atom. The smallest absolute Gasteiger partial charge is 0.255 e. The fraction of sp³-hybridized carbons (Fsp3) is 0.684. The van der Waals surface area contributed by atoms with Crippen molar-refractivity contribution < 1.29 is 4.74 Å². The molecule has 0 bridgehead atoms. The Kier molecular flexibility index (Phi) is 5.17. The van der Waals surface area contributed by atoms with Gasteiger partial charge in [0.15, 0.2) is 0 Å². The molecule has 136 valence electrons. The summed E-state index contributed by atoms with van der Waals surface area (Å²) < 4.78 is 5.40. The molecule has 1 aromatic heterocycles. The summed E-state index contributed by atoms with van der Waals surface area (Å²) in [4.78, 5) is 25.1. The van der Waals surface area contributed by atoms with Crippen LogP contribution in [-0.4, -0.2) is 60.8 Å². The summed E-state index contributed by atoms with van der Waals surface area (Å²) in [7, 11) is 0. The van der Waals surface area contributed by atoms with Gasteiger partial charge in [0, 0.05) is 44.7 Å². The second-order valence-electron chi connectivity index (χ2n) is 7.37. The number of aromatic nitrogens is 2. The van der Waals surface area contributed by atoms with Crippen LogP contribution in [-0.2, 0) is 17.6 Å². The number of ether oxygens (including phenoxy) is 1. The number of rotatable bonds is 3. The number of H-pyrrole nitrogens is 1. The van der Waals surface area contributed by atoms with Crippen LogP contribution < -0.4 is 10.5 Å². The van der Waals surface area contributed by atoms with Gasteiger partial charge in [-0.25, -0.2) is 4.98 Å². The molecule has 0 radical (unpaired) electrons. The molecule has 0 spiro atoms. The van der Waals surface area contributed by atoms with Gasteiger partial charge in [0.25, 0.3) is 5.56 Å². The molecule has 2 aliphatic heterocycles. The van der Waals surface area contributed by atoms with Gasteiger partial charge in [-0.15, -0.1) is 0 Å². The van der Waals surface area contributed by atoms with E-state index in [1.54, 1.807) is 0 Å². The predicted octanol–water partition coefficient (Wildman–Crippen LogP) is 1.36. The molecule has 0 aromatic carbocycles. The van der Waals surface area contributed by atoms with Crippen molar-refractivity contribution in [2.75, 3.05) is 50.8 Å². The van der Waals surface area contributed by atoms with Crippen molar-refractivity contribution in [1.29, 1.82) is 0 Å². The van der Waals surface area contributed by atoms with E-state index in [1.165, 1.54) is 19.3 Å². The van der Waals surface area contributed by atoms with E-state index >= 15 is 0 Å². The van der Waals surface area contributed by atoms with Crippen LogP contribution in [0, 0.1) is 5.92 Å². The number of anilines is 1. The quantitative estimate of drug-likeness (QED) is 0.839. The molecule has 1 atom stereocenters. The van der Waals surface area contributed by atoms with E-state index in [1.807, 2.05) is 0 Å². The fourth-order valence-electron chi connectivity index (χ4n) is 4.14. The van der Waals surface area contributed by atoms with Crippen LogP contribution in [0.3, 0.4) is 0 Å². The highest BCUT2D eigenvalue weighted by atomic mass is 16.5. The van der Waals surface area contributed by atoms with E-state index in [2.05, 4.69) is 26.9 Å². The number of nitrogens with one attached hydrogen (secondary N) is 1. The van der Waals surface area contributed by atoms with Crippen molar-refractivity contribution in [3.05, 3.63) is 33.8 Å². The van der Waals surface area contributed by atoms with E-state index in [0.29, 0.717) is 13.2 Å². The molecular weight excluding hydrogens is 316 g/mol. The molecule has 1 unspecified atom stereocenters. The minimum absolute atomic E-state index is 0.0499. The van der Waals surface area contributed by atoms with Gasteiger partial charge in [0.05, 0.1) is 18.9 Å². The van der Waals surface area contributed by atoms with Crippen molar-refractivity contribution in [3.8, 4) is 0 Å². The van der Waals surface area contributed by atoms with Gasteiger partial charge in [-0.2, -0.15) is 0 Å². The number of hydrogen-bond acceptors (Lipinski definition) is 5. The molecule has 1 aliphatic carbocycles. The summed E-state index contributed by atoms with van der Waals surface area (Å²) in [5.41, 5.74) is 1.94. The summed E-state index contributed by atoms with van der Waals surface area (Å²) in [6, 6.07) is 0. The van der Waals surface area contributed by atoms with Gasteiger partial charge in [0.2, 0.25) is 5.95 Å². The van der Waals surface area contributed by atoms with E-state index in [-0.39, 0.29) is 5.56 Å². The molecule has 3 heterocycles. The molecule has 1 aromatic rings. The molecular formula is C19H28N4O2. The zero-order chi connectivity index (χ0) is 17.1. The number of nitrogens with zero attached hydrogens (tertiary/aromatic N) is 3. The highest BCUT2D eigenvalue weighted by Crippen LogP contribution is 2.21. The van der Waals surface area contributed by atoms with Crippen LogP contribution in [0.25, 0.3) is 0 Å². The topological polar surface area (TPSA) is 61.5 Å². The average Bonchev–Trinajstić information content (AvgIpc) is 2.86. The lowest BCUT2D eigenvalue weighted by Crippen LogP contribution is -2.38. The van der Waals surface area contributed by atoms with Crippen LogP contribution in [0.5, 0.6) is 0 Å². The Labute approximate surface area is 148 Å². The van der Waals surface area contributed by atoms with E-state index in [9.17, 15) is 4.79 Å². The van der Waals surface area contributed by atoms with Gasteiger partial charge in [-0.3, -0.25) is 9.78 Å². The molecule has 0 amide bonds. The van der Waals surface area contributed by atoms with Crippen molar-refractivity contribution in [1.82, 2.24) is 14.9 Å². The van der Waals surface area contributed by atoms with Crippen molar-refractivity contribution in [2.24, 2.45) is 5.92 Å². The van der Waals surface area contributed by atoms with Gasteiger partial charge in [0.1, 0.15) is 0 Å². The van der Waals surface area contributed by atoms with Crippen LogP contribution in [0.15, 0.2) is 16.9 Å². The normalized spacial score (nSPS) is 24.8. The van der Waals surface area contributed by atoms with Gasteiger partial charge in [-0.05, 0) is 31.6 Å². The van der Waals surface area contributed by atoms with Crippen LogP contribution >= 0.6 is 0 Å². The average molecular weight is 344 g/mol. The first-order chi connectivity index (χ1) is 12.3. The predicted molar refractivity (Wildman–Crippen MR) is 98.2 cm³/mol. The largest absolute Gasteiger partial charge is 0.378 e. The lowest BCUT2D eigenvalue weighted by molar-refractivity contribution is 0.122. The first kappa shape index (κ1) is 16.8. The molecule has 1 N–H and O–H groups in total. The first-order valence-corrected chi connectivity index (χ1v) is 9.62. The lowest BCUT2D eigenvalue weighted by Gasteiger charge is -2.27. The molecule has 1 fully saturated rings. The first-order valence-electron chi connectivity index (χ1n) is 9.62. The highest BCUT2D eigenvalue weighted by molar-refractivity contribution is 5.34. The number of hydrogen-bond donors (Lipinski definition) is 1. The minimum atomic E-state index is 0.0499.